The van der Waals surface area contributed by atoms with E-state index in [1.54, 1.807) is 11.5 Å². The first-order valence-corrected chi connectivity index (χ1v) is 9.33. The summed E-state index contributed by atoms with van der Waals surface area (Å²) in [6.07, 6.45) is 1.84. The first kappa shape index (κ1) is 19.0. The number of hydroxylamine groups is 1. The summed E-state index contributed by atoms with van der Waals surface area (Å²) in [5.41, 5.74) is 3.54. The molecule has 6 nitrogen and oxygen atoms in total. The summed E-state index contributed by atoms with van der Waals surface area (Å²) in [6.45, 7) is 2.20. The zero-order chi connectivity index (χ0) is 19.1. The number of nitrogens with one attached hydrogen (secondary N) is 1. The molecular weight excluding hydrogens is 362 g/mol. The molecule has 0 fully saturated rings. The van der Waals surface area contributed by atoms with Crippen LogP contribution in [-0.2, 0) is 6.54 Å². The second kappa shape index (κ2) is 9.27. The number of ether oxygens (including phenoxy) is 1. The van der Waals surface area contributed by atoms with E-state index >= 15 is 0 Å². The van der Waals surface area contributed by atoms with Gasteiger partial charge >= 0.3 is 0 Å². The summed E-state index contributed by atoms with van der Waals surface area (Å²) in [5, 5.41) is 8.69. The van der Waals surface area contributed by atoms with Crippen molar-refractivity contribution < 1.29 is 14.7 Å². The number of para-hydroxylation sites is 1. The quantitative estimate of drug-likeness (QED) is 0.460. The molecule has 0 spiro atoms. The Morgan fingerprint density at radius 1 is 1.19 bits per heavy atom. The van der Waals surface area contributed by atoms with Gasteiger partial charge in [0.05, 0.1) is 15.4 Å². The molecule has 0 aliphatic carbocycles. The van der Waals surface area contributed by atoms with Gasteiger partial charge in [0.15, 0.2) is 0 Å². The van der Waals surface area contributed by atoms with E-state index in [9.17, 15) is 4.79 Å². The zero-order valence-electron chi connectivity index (χ0n) is 15.0. The molecule has 0 saturated carbocycles. The predicted octanol–water partition coefficient (Wildman–Crippen LogP) is 3.44. The molecular formula is C20H21N3O3S. The highest BCUT2D eigenvalue weighted by atomic mass is 32.1. The van der Waals surface area contributed by atoms with Crippen LogP contribution < -0.4 is 10.2 Å². The van der Waals surface area contributed by atoms with Gasteiger partial charge in [-0.05, 0) is 42.9 Å². The van der Waals surface area contributed by atoms with E-state index in [1.165, 1.54) is 11.3 Å². The highest BCUT2D eigenvalue weighted by Gasteiger charge is 2.10. The number of carbonyl (C=O) groups excluding carboxylic acids is 1. The minimum Gasteiger partial charge on any atom is -0.492 e. The molecule has 2 aromatic heterocycles. The largest absolute Gasteiger partial charge is 0.492 e. The fourth-order valence-electron chi connectivity index (χ4n) is 2.54. The molecule has 0 saturated heterocycles. The molecule has 0 aliphatic rings. The average molecular weight is 383 g/mol. The molecule has 3 aromatic rings. The first-order valence-electron chi connectivity index (χ1n) is 8.51. The van der Waals surface area contributed by atoms with E-state index in [1.807, 2.05) is 61.8 Å². The van der Waals surface area contributed by atoms with E-state index in [4.69, 9.17) is 9.94 Å². The summed E-state index contributed by atoms with van der Waals surface area (Å²) in [5.74, 6) is 0.365. The number of benzene rings is 1. The minimum atomic E-state index is -0.512. The molecule has 1 amide bonds. The Hall–Kier alpha value is -2.74. The summed E-state index contributed by atoms with van der Waals surface area (Å²) < 4.78 is 5.72. The van der Waals surface area contributed by atoms with Crippen LogP contribution in [0.2, 0.25) is 0 Å². The Bertz CT molecular complexity index is 866. The second-order valence-electron chi connectivity index (χ2n) is 6.06. The third-order valence-electron chi connectivity index (χ3n) is 3.95. The van der Waals surface area contributed by atoms with Crippen molar-refractivity contribution in [2.75, 3.05) is 20.2 Å². The fourth-order valence-corrected chi connectivity index (χ4v) is 3.42. The van der Waals surface area contributed by atoms with Crippen LogP contribution in [0.4, 0.5) is 0 Å². The zero-order valence-corrected chi connectivity index (χ0v) is 15.8. The number of hydrogen-bond acceptors (Lipinski definition) is 6. The normalized spacial score (nSPS) is 10.8. The lowest BCUT2D eigenvalue weighted by Crippen LogP contribution is -2.23. The Labute approximate surface area is 162 Å². The van der Waals surface area contributed by atoms with Crippen molar-refractivity contribution in [1.29, 1.82) is 0 Å². The number of pyridine rings is 1. The van der Waals surface area contributed by atoms with Gasteiger partial charge < -0.3 is 4.74 Å². The molecule has 2 heterocycles. The molecule has 2 N–H and O–H groups in total. The molecule has 0 aliphatic heterocycles. The number of carbonyl (C=O) groups is 1. The predicted molar refractivity (Wildman–Crippen MR) is 105 cm³/mol. The Morgan fingerprint density at radius 2 is 2.00 bits per heavy atom. The van der Waals surface area contributed by atoms with Crippen LogP contribution in [0.5, 0.6) is 5.75 Å². The average Bonchev–Trinajstić information content (AvgIpc) is 3.19. The third-order valence-corrected chi connectivity index (χ3v) is 5.05. The lowest BCUT2D eigenvalue weighted by molar-refractivity contribution is 0.0711. The van der Waals surface area contributed by atoms with Gasteiger partial charge in [0.25, 0.3) is 5.91 Å². The molecule has 3 rings (SSSR count). The first-order chi connectivity index (χ1) is 13.2. The molecule has 0 bridgehead atoms. The Balaban J connectivity index is 1.51. The number of likely N-dealkylation sites (N-methyl/N-ethyl adjacent to an activating group) is 1. The standard InChI is InChI=1S/C20H21N3O3S/c1-23(11-12-26-16-5-3-2-4-6-16)14-15-7-8-17(21-13-15)18-9-10-19(27-18)20(24)22-25/h2-10,13,25H,11-12,14H2,1H3,(H,22,24). The van der Waals surface area contributed by atoms with Gasteiger partial charge in [-0.1, -0.05) is 24.3 Å². The van der Waals surface area contributed by atoms with E-state index in [2.05, 4.69) is 9.88 Å². The number of hydrogen-bond donors (Lipinski definition) is 2. The smallest absolute Gasteiger partial charge is 0.284 e. The van der Waals surface area contributed by atoms with Crippen molar-refractivity contribution in [2.45, 2.75) is 6.54 Å². The van der Waals surface area contributed by atoms with Crippen molar-refractivity contribution in [1.82, 2.24) is 15.4 Å². The summed E-state index contributed by atoms with van der Waals surface area (Å²) in [4.78, 5) is 19.4. The molecule has 27 heavy (non-hydrogen) atoms. The van der Waals surface area contributed by atoms with Gasteiger partial charge in [0.1, 0.15) is 12.4 Å². The molecule has 0 radical (unpaired) electrons. The Morgan fingerprint density at radius 3 is 2.70 bits per heavy atom. The van der Waals surface area contributed by atoms with Crippen LogP contribution in [0.15, 0.2) is 60.8 Å². The van der Waals surface area contributed by atoms with Crippen LogP contribution in [0, 0.1) is 0 Å². The fraction of sp³-hybridized carbons (Fsp3) is 0.200. The van der Waals surface area contributed by atoms with Gasteiger partial charge in [-0.15, -0.1) is 11.3 Å². The molecule has 1 aromatic carbocycles. The maximum atomic E-state index is 11.4. The van der Waals surface area contributed by atoms with Gasteiger partial charge in [-0.2, -0.15) is 0 Å². The Kier molecular flexibility index (Phi) is 6.54. The van der Waals surface area contributed by atoms with E-state index < -0.39 is 5.91 Å². The summed E-state index contributed by atoms with van der Waals surface area (Å²) in [7, 11) is 2.04. The lowest BCUT2D eigenvalue weighted by Gasteiger charge is -2.17. The highest BCUT2D eigenvalue weighted by Crippen LogP contribution is 2.26. The number of amides is 1. The number of aromatic nitrogens is 1. The topological polar surface area (TPSA) is 74.7 Å². The van der Waals surface area contributed by atoms with Crippen LogP contribution in [0.3, 0.4) is 0 Å². The number of thiophene rings is 1. The maximum Gasteiger partial charge on any atom is 0.284 e. The van der Waals surface area contributed by atoms with Crippen molar-refractivity contribution >= 4 is 17.2 Å². The monoisotopic (exact) mass is 383 g/mol. The van der Waals surface area contributed by atoms with Gasteiger partial charge in [-0.25, -0.2) is 5.48 Å². The van der Waals surface area contributed by atoms with Gasteiger partial charge in [0, 0.05) is 19.3 Å². The SMILES string of the molecule is CN(CCOc1ccccc1)Cc1ccc(-c2ccc(C(=O)NO)s2)nc1. The minimum absolute atomic E-state index is 0.441. The van der Waals surface area contributed by atoms with Crippen LogP contribution in [0.1, 0.15) is 15.2 Å². The molecule has 140 valence electrons. The lowest BCUT2D eigenvalue weighted by atomic mass is 10.2. The van der Waals surface area contributed by atoms with Crippen molar-refractivity contribution in [3.8, 4) is 16.3 Å². The molecule has 0 unspecified atom stereocenters. The molecule has 0 atom stereocenters. The summed E-state index contributed by atoms with van der Waals surface area (Å²) in [6, 6.07) is 17.2. The molecule has 7 heteroatoms. The van der Waals surface area contributed by atoms with Gasteiger partial charge in [-0.3, -0.25) is 19.9 Å². The maximum absolute atomic E-state index is 11.4. The van der Waals surface area contributed by atoms with Crippen molar-refractivity contribution in [2.24, 2.45) is 0 Å². The summed E-state index contributed by atoms with van der Waals surface area (Å²) >= 11 is 1.29. The van der Waals surface area contributed by atoms with Crippen molar-refractivity contribution in [3.63, 3.8) is 0 Å². The van der Waals surface area contributed by atoms with Crippen molar-refractivity contribution in [3.05, 3.63) is 71.2 Å². The number of rotatable bonds is 8. The van der Waals surface area contributed by atoms with E-state index in [-0.39, 0.29) is 0 Å². The second-order valence-corrected chi connectivity index (χ2v) is 7.14. The van der Waals surface area contributed by atoms with Crippen LogP contribution in [-0.4, -0.2) is 41.2 Å². The van der Waals surface area contributed by atoms with E-state index in [0.717, 1.165) is 35.0 Å². The van der Waals surface area contributed by atoms with E-state index in [0.29, 0.717) is 11.5 Å². The number of nitrogens with zero attached hydrogens (tertiary/aromatic N) is 2. The van der Waals surface area contributed by atoms with Crippen LogP contribution >= 0.6 is 11.3 Å². The van der Waals surface area contributed by atoms with Gasteiger partial charge in [0.2, 0.25) is 0 Å². The van der Waals surface area contributed by atoms with Crippen LogP contribution in [0.25, 0.3) is 10.6 Å². The third kappa shape index (κ3) is 5.37. The highest BCUT2D eigenvalue weighted by molar-refractivity contribution is 7.17.